The monoisotopic (exact) mass is 371 g/mol. The van der Waals surface area contributed by atoms with Crippen LogP contribution in [0.15, 0.2) is 17.9 Å². The predicted molar refractivity (Wildman–Crippen MR) is 104 cm³/mol. The van der Waals surface area contributed by atoms with Crippen molar-refractivity contribution < 1.29 is 0 Å². The van der Waals surface area contributed by atoms with Gasteiger partial charge in [-0.2, -0.15) is 0 Å². The van der Waals surface area contributed by atoms with Gasteiger partial charge in [0.05, 0.1) is 17.7 Å². The molecule has 0 bridgehead atoms. The van der Waals surface area contributed by atoms with Crippen LogP contribution in [0.3, 0.4) is 0 Å². The minimum absolute atomic E-state index is 0.555. The molecule has 140 valence electrons. The molecule has 3 heterocycles. The van der Waals surface area contributed by atoms with Crippen LogP contribution < -0.4 is 5.32 Å². The van der Waals surface area contributed by atoms with E-state index < -0.39 is 0 Å². The second-order valence-electron chi connectivity index (χ2n) is 8.30. The topological polar surface area (TPSA) is 46.0 Å². The Balaban J connectivity index is 1.38. The molecule has 0 aromatic carbocycles. The van der Waals surface area contributed by atoms with Gasteiger partial charge in [0.25, 0.3) is 0 Å². The lowest BCUT2D eigenvalue weighted by molar-refractivity contribution is 0.183. The molecule has 0 radical (unpaired) electrons. The normalized spacial score (nSPS) is 24.5. The van der Waals surface area contributed by atoms with E-state index in [2.05, 4.69) is 38.4 Å². The largest absolute Gasteiger partial charge is 0.334 e. The van der Waals surface area contributed by atoms with Crippen molar-refractivity contribution in [2.75, 3.05) is 13.1 Å². The summed E-state index contributed by atoms with van der Waals surface area (Å²) in [6, 6.07) is 0.709. The third-order valence-corrected chi connectivity index (χ3v) is 7.49. The smallest absolute Gasteiger partial charge is 0.122 e. The van der Waals surface area contributed by atoms with E-state index in [0.717, 1.165) is 25.6 Å². The molecule has 2 saturated carbocycles. The molecule has 1 spiro atoms. The number of hydrogen-bond acceptors (Lipinski definition) is 5. The number of imidazole rings is 1. The molecule has 2 aliphatic carbocycles. The fraction of sp³-hybridized carbons (Fsp3) is 0.700. The van der Waals surface area contributed by atoms with Crippen LogP contribution >= 0.6 is 11.3 Å². The van der Waals surface area contributed by atoms with Crippen molar-refractivity contribution in [3.63, 3.8) is 0 Å². The quantitative estimate of drug-likeness (QED) is 0.810. The molecule has 0 amide bonds. The summed E-state index contributed by atoms with van der Waals surface area (Å²) in [5.41, 5.74) is 4.00. The average Bonchev–Trinajstić information content (AvgIpc) is 3.52. The molecule has 2 aromatic rings. The molecule has 1 aliphatic heterocycles. The van der Waals surface area contributed by atoms with Gasteiger partial charge in [0.1, 0.15) is 5.82 Å². The molecular formula is C20H29N5S. The van der Waals surface area contributed by atoms with E-state index in [9.17, 15) is 0 Å². The van der Waals surface area contributed by atoms with Crippen LogP contribution in [0.25, 0.3) is 0 Å². The second kappa shape index (κ2) is 6.73. The molecule has 3 fully saturated rings. The predicted octanol–water partition coefficient (Wildman–Crippen LogP) is 3.38. The van der Waals surface area contributed by atoms with Crippen LogP contribution in [-0.2, 0) is 19.6 Å². The van der Waals surface area contributed by atoms with Crippen LogP contribution in [0.2, 0.25) is 0 Å². The van der Waals surface area contributed by atoms with Gasteiger partial charge in [0.15, 0.2) is 0 Å². The zero-order chi connectivity index (χ0) is 17.6. The first kappa shape index (κ1) is 16.9. The Labute approximate surface area is 159 Å². The number of thiazole rings is 1. The molecule has 1 N–H and O–H groups in total. The van der Waals surface area contributed by atoms with E-state index in [1.807, 2.05) is 17.5 Å². The third kappa shape index (κ3) is 3.12. The summed E-state index contributed by atoms with van der Waals surface area (Å²) >= 11 is 1.86. The van der Waals surface area contributed by atoms with Crippen molar-refractivity contribution in [1.82, 2.24) is 24.8 Å². The number of hydrogen-bond donors (Lipinski definition) is 1. The lowest BCUT2D eigenvalue weighted by atomic mass is 9.93. The maximum absolute atomic E-state index is 4.71. The molecule has 1 atom stereocenters. The number of aromatic nitrogens is 3. The van der Waals surface area contributed by atoms with Crippen LogP contribution in [0.1, 0.15) is 61.3 Å². The van der Waals surface area contributed by atoms with Gasteiger partial charge in [-0.3, -0.25) is 4.90 Å². The standard InChI is InChI=1S/C20H29N5S/c1-2-24-10-9-22-18(24)13-25(17-11-20(17)5-7-21-8-6-20)12-16-19(15-3-4-15)23-14-26-16/h9-10,14-15,17,21H,2-8,11-13H2,1H3. The molecule has 3 aliphatic rings. The summed E-state index contributed by atoms with van der Waals surface area (Å²) in [5, 5.41) is 3.54. The van der Waals surface area contributed by atoms with Gasteiger partial charge in [0.2, 0.25) is 0 Å². The molecule has 6 heteroatoms. The molecule has 5 rings (SSSR count). The fourth-order valence-corrected chi connectivity index (χ4v) is 5.69. The van der Waals surface area contributed by atoms with E-state index in [1.54, 1.807) is 0 Å². The zero-order valence-corrected chi connectivity index (χ0v) is 16.5. The Hall–Kier alpha value is -1.24. The molecule has 26 heavy (non-hydrogen) atoms. The van der Waals surface area contributed by atoms with E-state index in [1.165, 1.54) is 61.6 Å². The summed E-state index contributed by atoms with van der Waals surface area (Å²) in [6.45, 7) is 7.57. The van der Waals surface area contributed by atoms with Crippen molar-refractivity contribution in [1.29, 1.82) is 0 Å². The van der Waals surface area contributed by atoms with E-state index in [0.29, 0.717) is 11.5 Å². The highest BCUT2D eigenvalue weighted by Crippen LogP contribution is 2.56. The van der Waals surface area contributed by atoms with Crippen LogP contribution in [0.5, 0.6) is 0 Å². The van der Waals surface area contributed by atoms with Crippen LogP contribution in [0, 0.1) is 5.41 Å². The van der Waals surface area contributed by atoms with Crippen molar-refractivity contribution in [3.8, 4) is 0 Å². The Kier molecular flexibility index (Phi) is 4.38. The highest BCUT2D eigenvalue weighted by atomic mass is 32.1. The molecule has 1 saturated heterocycles. The molecule has 2 aromatic heterocycles. The van der Waals surface area contributed by atoms with Crippen LogP contribution in [0.4, 0.5) is 0 Å². The van der Waals surface area contributed by atoms with Crippen LogP contribution in [-0.4, -0.2) is 38.6 Å². The van der Waals surface area contributed by atoms with Gasteiger partial charge in [-0.05, 0) is 57.5 Å². The first-order valence-corrected chi connectivity index (χ1v) is 11.0. The van der Waals surface area contributed by atoms with E-state index in [-0.39, 0.29) is 0 Å². The maximum Gasteiger partial charge on any atom is 0.122 e. The maximum atomic E-state index is 4.71. The summed E-state index contributed by atoms with van der Waals surface area (Å²) in [7, 11) is 0. The summed E-state index contributed by atoms with van der Waals surface area (Å²) in [6.07, 6.45) is 10.7. The molecule has 1 unspecified atom stereocenters. The highest BCUT2D eigenvalue weighted by Gasteiger charge is 2.56. The minimum Gasteiger partial charge on any atom is -0.334 e. The first-order valence-electron chi connectivity index (χ1n) is 10.2. The third-order valence-electron chi connectivity index (χ3n) is 6.66. The van der Waals surface area contributed by atoms with E-state index in [4.69, 9.17) is 4.98 Å². The van der Waals surface area contributed by atoms with Gasteiger partial charge in [0, 0.05) is 42.3 Å². The van der Waals surface area contributed by atoms with Crippen molar-refractivity contribution in [3.05, 3.63) is 34.3 Å². The average molecular weight is 372 g/mol. The Bertz CT molecular complexity index is 756. The van der Waals surface area contributed by atoms with Crippen molar-refractivity contribution in [2.24, 2.45) is 5.41 Å². The highest BCUT2D eigenvalue weighted by molar-refractivity contribution is 7.09. The minimum atomic E-state index is 0.555. The van der Waals surface area contributed by atoms with Gasteiger partial charge >= 0.3 is 0 Å². The zero-order valence-electron chi connectivity index (χ0n) is 15.7. The van der Waals surface area contributed by atoms with Gasteiger partial charge in [-0.25, -0.2) is 9.97 Å². The van der Waals surface area contributed by atoms with Gasteiger partial charge < -0.3 is 9.88 Å². The molecule has 5 nitrogen and oxygen atoms in total. The Morgan fingerprint density at radius 3 is 2.88 bits per heavy atom. The SMILES string of the molecule is CCn1ccnc1CN(Cc1scnc1C1CC1)C1CC12CCNCC2. The summed E-state index contributed by atoms with van der Waals surface area (Å²) in [4.78, 5) is 13.6. The van der Waals surface area contributed by atoms with Gasteiger partial charge in [-0.15, -0.1) is 11.3 Å². The number of piperidine rings is 1. The summed E-state index contributed by atoms with van der Waals surface area (Å²) < 4.78 is 2.29. The Morgan fingerprint density at radius 1 is 1.27 bits per heavy atom. The summed E-state index contributed by atoms with van der Waals surface area (Å²) in [5.74, 6) is 1.95. The van der Waals surface area contributed by atoms with Gasteiger partial charge in [-0.1, -0.05) is 0 Å². The lowest BCUT2D eigenvalue weighted by Gasteiger charge is -2.29. The Morgan fingerprint density at radius 2 is 2.12 bits per heavy atom. The second-order valence-corrected chi connectivity index (χ2v) is 9.24. The lowest BCUT2D eigenvalue weighted by Crippen LogP contribution is -2.36. The van der Waals surface area contributed by atoms with E-state index >= 15 is 0 Å². The first-order chi connectivity index (χ1) is 12.8. The number of rotatable bonds is 7. The van der Waals surface area contributed by atoms with Crippen molar-refractivity contribution in [2.45, 2.75) is 70.6 Å². The fourth-order valence-electron chi connectivity index (χ4n) is 4.81. The number of nitrogens with one attached hydrogen (secondary N) is 1. The number of nitrogens with zero attached hydrogens (tertiary/aromatic N) is 4. The number of aryl methyl sites for hydroxylation is 1. The molecular weight excluding hydrogens is 342 g/mol. The van der Waals surface area contributed by atoms with Crippen molar-refractivity contribution >= 4 is 11.3 Å².